The summed E-state index contributed by atoms with van der Waals surface area (Å²) in [5.41, 5.74) is 0. The summed E-state index contributed by atoms with van der Waals surface area (Å²) in [5, 5.41) is 7.79. The zero-order chi connectivity index (χ0) is 11.2. The zero-order valence-electron chi connectivity index (χ0n) is 9.16. The van der Waals surface area contributed by atoms with Gasteiger partial charge < -0.3 is 14.3 Å². The quantitative estimate of drug-likeness (QED) is 0.374. The van der Waals surface area contributed by atoms with E-state index >= 15 is 0 Å². The highest BCUT2D eigenvalue weighted by atomic mass is 16.7. The van der Waals surface area contributed by atoms with Crippen molar-refractivity contribution in [3.8, 4) is 6.07 Å². The maximum atomic E-state index is 9.41. The summed E-state index contributed by atoms with van der Waals surface area (Å²) in [6.45, 7) is 7.25. The van der Waals surface area contributed by atoms with E-state index < -0.39 is 0 Å². The van der Waals surface area contributed by atoms with Crippen LogP contribution in [0.15, 0.2) is 0 Å². The number of carbonyl (C=O) groups excluding carboxylic acids is 1. The van der Waals surface area contributed by atoms with Crippen LogP contribution in [0.5, 0.6) is 0 Å². The third kappa shape index (κ3) is 17.2. The van der Waals surface area contributed by atoms with Crippen LogP contribution in [0.1, 0.15) is 33.6 Å². The number of nitrogens with zero attached hydrogens (tertiary/aromatic N) is 1. The third-order valence-electron chi connectivity index (χ3n) is 1.18. The number of rotatable bonds is 6. The van der Waals surface area contributed by atoms with Crippen LogP contribution >= 0.6 is 0 Å². The minimum absolute atomic E-state index is 0.0370. The van der Waals surface area contributed by atoms with Crippen LogP contribution in [0, 0.1) is 11.3 Å². The predicted octanol–water partition coefficient (Wildman–Crippen LogP) is 1.89. The number of unbranched alkanes of at least 4 members (excludes halogenated alkanes) is 1. The number of hydrogen-bond donors (Lipinski definition) is 0. The molecule has 0 aliphatic heterocycles. The van der Waals surface area contributed by atoms with E-state index in [0.29, 0.717) is 12.8 Å². The van der Waals surface area contributed by atoms with Gasteiger partial charge in [-0.15, -0.1) is 0 Å². The summed E-state index contributed by atoms with van der Waals surface area (Å²) in [6.07, 6.45) is 1.42. The Balaban J connectivity index is 0. The Kier molecular flexibility index (Phi) is 16.2. The maximum absolute atomic E-state index is 9.41. The number of ether oxygens (including phenoxy) is 2. The molecule has 0 aromatic heterocycles. The molecule has 0 saturated carbocycles. The molecule has 0 rings (SSSR count). The summed E-state index contributed by atoms with van der Waals surface area (Å²) < 4.78 is 10.1. The van der Waals surface area contributed by atoms with E-state index in [9.17, 15) is 4.79 Å². The van der Waals surface area contributed by atoms with Crippen LogP contribution in [-0.2, 0) is 14.3 Å². The Morgan fingerprint density at radius 3 is 2.07 bits per heavy atom. The van der Waals surface area contributed by atoms with E-state index in [1.807, 2.05) is 26.8 Å². The number of carbonyl (C=O) groups is 1. The average molecular weight is 201 g/mol. The van der Waals surface area contributed by atoms with E-state index in [1.54, 1.807) is 0 Å². The van der Waals surface area contributed by atoms with Crippen LogP contribution in [0.3, 0.4) is 0 Å². The summed E-state index contributed by atoms with van der Waals surface area (Å²) in [5.74, 6) is 0. The van der Waals surface area contributed by atoms with Gasteiger partial charge in [0.25, 0.3) is 0 Å². The van der Waals surface area contributed by atoms with Gasteiger partial charge in [-0.05, 0) is 20.8 Å². The summed E-state index contributed by atoms with van der Waals surface area (Å²) in [4.78, 5) is 9.41. The van der Waals surface area contributed by atoms with Gasteiger partial charge in [0.05, 0.1) is 6.07 Å². The standard InChI is InChI=1S/C6H14O2.C4H5NO/c1-4-7-6(3)8-5-2;5-3-1-2-4-6/h6H,4-5H2,1-3H3;4H,1-2H2. The van der Waals surface area contributed by atoms with Gasteiger partial charge in [-0.1, -0.05) is 0 Å². The Bertz CT molecular complexity index is 148. The molecule has 0 aliphatic carbocycles. The molecule has 0 spiro atoms. The molecule has 0 saturated heterocycles. The molecule has 0 amide bonds. The number of aldehydes is 1. The van der Waals surface area contributed by atoms with Gasteiger partial charge in [-0.3, -0.25) is 0 Å². The summed E-state index contributed by atoms with van der Waals surface area (Å²) in [6, 6.07) is 1.84. The minimum Gasteiger partial charge on any atom is -0.353 e. The molecule has 4 nitrogen and oxygen atoms in total. The summed E-state index contributed by atoms with van der Waals surface area (Å²) in [7, 11) is 0. The average Bonchev–Trinajstić information content (AvgIpc) is 2.16. The van der Waals surface area contributed by atoms with Crippen LogP contribution < -0.4 is 0 Å². The second-order valence-corrected chi connectivity index (χ2v) is 2.34. The monoisotopic (exact) mass is 201 g/mol. The molecule has 0 aliphatic rings. The maximum Gasteiger partial charge on any atom is 0.154 e. The van der Waals surface area contributed by atoms with Crippen LogP contribution in [0.4, 0.5) is 0 Å². The molecule has 0 bridgehead atoms. The summed E-state index contributed by atoms with van der Waals surface area (Å²) >= 11 is 0. The smallest absolute Gasteiger partial charge is 0.154 e. The van der Waals surface area contributed by atoms with E-state index in [-0.39, 0.29) is 6.29 Å². The highest BCUT2D eigenvalue weighted by Gasteiger charge is 1.94. The Morgan fingerprint density at radius 2 is 1.86 bits per heavy atom. The lowest BCUT2D eigenvalue weighted by atomic mass is 10.4. The van der Waals surface area contributed by atoms with Crippen molar-refractivity contribution < 1.29 is 14.3 Å². The van der Waals surface area contributed by atoms with E-state index in [4.69, 9.17) is 14.7 Å². The van der Waals surface area contributed by atoms with Crippen molar-refractivity contribution >= 4 is 6.29 Å². The largest absolute Gasteiger partial charge is 0.353 e. The second-order valence-electron chi connectivity index (χ2n) is 2.34. The molecular weight excluding hydrogens is 182 g/mol. The van der Waals surface area contributed by atoms with Gasteiger partial charge in [0, 0.05) is 26.1 Å². The zero-order valence-corrected chi connectivity index (χ0v) is 9.16. The van der Waals surface area contributed by atoms with Gasteiger partial charge in [-0.2, -0.15) is 5.26 Å². The molecule has 0 atom stereocenters. The number of hydrogen-bond acceptors (Lipinski definition) is 4. The molecule has 0 fully saturated rings. The molecule has 0 radical (unpaired) electrons. The highest BCUT2D eigenvalue weighted by molar-refractivity contribution is 5.49. The predicted molar refractivity (Wildman–Crippen MR) is 53.6 cm³/mol. The lowest BCUT2D eigenvalue weighted by Gasteiger charge is -2.09. The first kappa shape index (κ1) is 15.5. The van der Waals surface area contributed by atoms with Gasteiger partial charge in [-0.25, -0.2) is 0 Å². The highest BCUT2D eigenvalue weighted by Crippen LogP contribution is 1.90. The molecule has 0 aromatic carbocycles. The van der Waals surface area contributed by atoms with Crippen LogP contribution in [-0.4, -0.2) is 25.8 Å². The van der Waals surface area contributed by atoms with Gasteiger partial charge in [0.2, 0.25) is 0 Å². The fourth-order valence-electron chi connectivity index (χ4n) is 0.641. The number of nitriles is 1. The first-order chi connectivity index (χ1) is 6.72. The van der Waals surface area contributed by atoms with E-state index in [2.05, 4.69) is 0 Å². The fourth-order valence-corrected chi connectivity index (χ4v) is 0.641. The Morgan fingerprint density at radius 1 is 1.36 bits per heavy atom. The van der Waals surface area contributed by atoms with Crippen molar-refractivity contribution in [2.24, 2.45) is 0 Å². The normalized spacial score (nSPS) is 8.79. The lowest BCUT2D eigenvalue weighted by molar-refractivity contribution is -0.123. The Hall–Kier alpha value is -0.920. The van der Waals surface area contributed by atoms with Crippen molar-refractivity contribution in [3.05, 3.63) is 0 Å². The molecule has 4 heteroatoms. The van der Waals surface area contributed by atoms with Crippen molar-refractivity contribution in [2.75, 3.05) is 13.2 Å². The SMILES string of the molecule is CCOC(C)OCC.N#CCCC=O. The van der Waals surface area contributed by atoms with Crippen LogP contribution in [0.2, 0.25) is 0 Å². The second kappa shape index (κ2) is 14.6. The molecule has 82 valence electrons. The van der Waals surface area contributed by atoms with Crippen molar-refractivity contribution in [2.45, 2.75) is 39.9 Å². The topological polar surface area (TPSA) is 59.3 Å². The lowest BCUT2D eigenvalue weighted by Crippen LogP contribution is -2.11. The van der Waals surface area contributed by atoms with Gasteiger partial charge >= 0.3 is 0 Å². The first-order valence-electron chi connectivity index (χ1n) is 4.76. The minimum atomic E-state index is -0.0370. The van der Waals surface area contributed by atoms with Crippen LogP contribution in [0.25, 0.3) is 0 Å². The van der Waals surface area contributed by atoms with E-state index in [0.717, 1.165) is 19.5 Å². The van der Waals surface area contributed by atoms with E-state index in [1.165, 1.54) is 0 Å². The Labute approximate surface area is 85.8 Å². The van der Waals surface area contributed by atoms with Crippen molar-refractivity contribution in [3.63, 3.8) is 0 Å². The molecule has 0 N–H and O–H groups in total. The van der Waals surface area contributed by atoms with Gasteiger partial charge in [0.15, 0.2) is 6.29 Å². The molecule has 0 heterocycles. The van der Waals surface area contributed by atoms with Crippen molar-refractivity contribution in [1.82, 2.24) is 0 Å². The molecule has 0 aromatic rings. The molecule has 14 heavy (non-hydrogen) atoms. The first-order valence-corrected chi connectivity index (χ1v) is 4.76. The van der Waals surface area contributed by atoms with Crippen molar-refractivity contribution in [1.29, 1.82) is 5.26 Å². The van der Waals surface area contributed by atoms with Gasteiger partial charge in [0.1, 0.15) is 6.29 Å². The molecule has 0 unspecified atom stereocenters. The molecular formula is C10H19NO3. The fraction of sp³-hybridized carbons (Fsp3) is 0.800. The third-order valence-corrected chi connectivity index (χ3v) is 1.18.